The normalized spacial score (nSPS) is 13.6. The molecule has 2 N–H and O–H groups in total. The second-order valence-corrected chi connectivity index (χ2v) is 13.1. The molecule has 288 valence electrons. The van der Waals surface area contributed by atoms with Gasteiger partial charge in [-0.1, -0.05) is 75.4 Å². The summed E-state index contributed by atoms with van der Waals surface area (Å²) in [6, 6.07) is 11.5. The summed E-state index contributed by atoms with van der Waals surface area (Å²) < 4.78 is 187. The maximum Gasteiger partial charge on any atom is 0.411 e. The molecule has 4 aromatic carbocycles. The Bertz CT molecular complexity index is 2210. The molecule has 0 saturated carbocycles. The summed E-state index contributed by atoms with van der Waals surface area (Å²) >= 11 is 0. The van der Waals surface area contributed by atoms with Gasteiger partial charge in [0.15, 0.2) is 11.2 Å². The smallest absolute Gasteiger partial charge is 0.411 e. The van der Waals surface area contributed by atoms with Gasteiger partial charge in [0.1, 0.15) is 11.0 Å². The minimum absolute atomic E-state index is 0.0407. The van der Waals surface area contributed by atoms with Crippen molar-refractivity contribution < 1.29 is 61.5 Å². The van der Waals surface area contributed by atoms with Crippen LogP contribution in [-0.4, -0.2) is 41.7 Å². The van der Waals surface area contributed by atoms with Crippen molar-refractivity contribution in [2.75, 3.05) is 7.05 Å². The molecule has 0 aliphatic heterocycles. The van der Waals surface area contributed by atoms with Crippen molar-refractivity contribution >= 4 is 22.2 Å². The van der Waals surface area contributed by atoms with Gasteiger partial charge in [-0.3, -0.25) is 0 Å². The van der Waals surface area contributed by atoms with Crippen molar-refractivity contribution in [2.45, 2.75) is 61.7 Å². The Morgan fingerprint density at radius 2 is 0.852 bits per heavy atom. The van der Waals surface area contributed by atoms with Crippen molar-refractivity contribution in [3.05, 3.63) is 119 Å². The topological polar surface area (TPSA) is 78.1 Å². The lowest BCUT2D eigenvalue weighted by Gasteiger charge is -2.38. The van der Waals surface area contributed by atoms with E-state index in [2.05, 4.69) is 15.7 Å². The van der Waals surface area contributed by atoms with E-state index < -0.39 is 74.6 Å². The first-order chi connectivity index (χ1) is 24.9. The minimum atomic E-state index is -5.98. The van der Waals surface area contributed by atoms with Crippen molar-refractivity contribution in [1.82, 2.24) is 9.97 Å². The summed E-state index contributed by atoms with van der Waals surface area (Å²) in [6.07, 6.45) is -23.7. The van der Waals surface area contributed by atoms with Gasteiger partial charge in [-0.15, -0.1) is 0 Å². The van der Waals surface area contributed by atoms with E-state index in [9.17, 15) is 52.7 Å². The van der Waals surface area contributed by atoms with Crippen LogP contribution in [-0.2, 0) is 16.2 Å². The number of hydrogen-bond acceptors (Lipinski definition) is 5. The third-order valence-electron chi connectivity index (χ3n) is 8.76. The average Bonchev–Trinajstić information content (AvgIpc) is 3.69. The highest BCUT2D eigenvalue weighted by molar-refractivity contribution is 5.79. The number of nitrogens with zero attached hydrogens (tertiary/aromatic N) is 2. The van der Waals surface area contributed by atoms with Crippen LogP contribution in [0.15, 0.2) is 99.8 Å². The zero-order valence-electron chi connectivity index (χ0n) is 28.5. The highest BCUT2D eigenvalue weighted by atomic mass is 19.4. The Balaban J connectivity index is 0.00000276. The van der Waals surface area contributed by atoms with Gasteiger partial charge >= 0.3 is 24.7 Å². The molecule has 0 amide bonds. The fraction of sp³-hybridized carbons (Fsp3) is 0.297. The fourth-order valence-corrected chi connectivity index (χ4v) is 6.28. The second kappa shape index (κ2) is 13.4. The minimum Gasteiger partial charge on any atom is -0.440 e. The van der Waals surface area contributed by atoms with E-state index in [0.29, 0.717) is 48.5 Å². The van der Waals surface area contributed by atoms with E-state index in [1.165, 1.54) is 13.1 Å². The number of fused-ring (bicyclic) bond motifs is 2. The molecule has 54 heavy (non-hydrogen) atoms. The van der Waals surface area contributed by atoms with Crippen LogP contribution in [0.5, 0.6) is 0 Å². The third kappa shape index (κ3) is 6.35. The monoisotopic (exact) mass is 775 g/mol. The van der Waals surface area contributed by atoms with Gasteiger partial charge in [-0.2, -0.15) is 52.7 Å². The molecule has 5 nitrogen and oxygen atoms in total. The first-order valence-electron chi connectivity index (χ1n) is 15.8. The number of oxazole rings is 2. The van der Waals surface area contributed by atoms with Crippen LogP contribution in [0.4, 0.5) is 52.7 Å². The van der Waals surface area contributed by atoms with Crippen LogP contribution in [0.3, 0.4) is 0 Å². The van der Waals surface area contributed by atoms with E-state index in [0.717, 1.165) is 36.4 Å². The standard InChI is InChI=1S/C36H24F12N2O2.CH5N/c1-30(2,3)29-50-25-18-23(14-16-27(25)52-29)32(35(43,44)45,36(46,47)48)22-13-15-26-24(17-22)49-28(51-26)19-9-11-21(12-10-19)31(33(37,38)39,34(40,41)42)20-7-5-4-6-8-20;1-2/h4-18H,1-3H3;2H2,1H3. The number of benzene rings is 4. The molecule has 0 aliphatic carbocycles. The summed E-state index contributed by atoms with van der Waals surface area (Å²) in [5, 5.41) is 0. The van der Waals surface area contributed by atoms with Crippen molar-refractivity contribution in [3.63, 3.8) is 0 Å². The van der Waals surface area contributed by atoms with Gasteiger partial charge < -0.3 is 14.6 Å². The number of aromatic nitrogens is 2. The zero-order valence-corrected chi connectivity index (χ0v) is 28.5. The summed E-state index contributed by atoms with van der Waals surface area (Å²) in [6.45, 7) is 5.06. The Morgan fingerprint density at radius 1 is 0.463 bits per heavy atom. The SMILES string of the molecule is CC(C)(C)c1nc2cc(C(c3ccc4oc(-c5ccc(C(c6ccccc6)(C(F)(F)F)C(F)(F)F)cc5)nc4c3)(C(F)(F)F)C(F)(F)F)ccc2o1.CN. The molecule has 0 fully saturated rings. The molecule has 6 rings (SSSR count). The van der Waals surface area contributed by atoms with Crippen LogP contribution in [0.25, 0.3) is 33.7 Å². The van der Waals surface area contributed by atoms with Crippen LogP contribution < -0.4 is 5.73 Å². The summed E-state index contributed by atoms with van der Waals surface area (Å²) in [7, 11) is 1.50. The number of nitrogens with two attached hydrogens (primary N) is 1. The fourth-order valence-electron chi connectivity index (χ4n) is 6.28. The molecular formula is C37H29F12N3O2. The molecular weight excluding hydrogens is 746 g/mol. The number of hydrogen-bond donors (Lipinski definition) is 1. The third-order valence-corrected chi connectivity index (χ3v) is 8.76. The van der Waals surface area contributed by atoms with Crippen molar-refractivity contribution in [1.29, 1.82) is 0 Å². The number of rotatable bonds is 5. The molecule has 17 heteroatoms. The lowest BCUT2D eigenvalue weighted by atomic mass is 9.72. The second-order valence-electron chi connectivity index (χ2n) is 13.1. The highest BCUT2D eigenvalue weighted by Crippen LogP contribution is 2.58. The van der Waals surface area contributed by atoms with Gasteiger partial charge in [0, 0.05) is 11.0 Å². The van der Waals surface area contributed by atoms with Crippen LogP contribution in [0, 0.1) is 0 Å². The van der Waals surface area contributed by atoms with Crippen molar-refractivity contribution in [3.8, 4) is 11.5 Å². The summed E-state index contributed by atoms with van der Waals surface area (Å²) in [5.41, 5.74) is -11.4. The molecule has 0 spiro atoms. The quantitative estimate of drug-likeness (QED) is 0.176. The zero-order chi connectivity index (χ0) is 40.3. The van der Waals surface area contributed by atoms with E-state index in [-0.39, 0.29) is 28.1 Å². The molecule has 0 aliphatic rings. The molecule has 0 saturated heterocycles. The largest absolute Gasteiger partial charge is 0.440 e. The van der Waals surface area contributed by atoms with Crippen LogP contribution >= 0.6 is 0 Å². The molecule has 2 heterocycles. The van der Waals surface area contributed by atoms with Crippen molar-refractivity contribution in [2.24, 2.45) is 5.73 Å². The van der Waals surface area contributed by atoms with Crippen LogP contribution in [0.1, 0.15) is 48.9 Å². The summed E-state index contributed by atoms with van der Waals surface area (Å²) in [4.78, 5) is 8.08. The van der Waals surface area contributed by atoms with E-state index >= 15 is 0 Å². The van der Waals surface area contributed by atoms with Crippen LogP contribution in [0.2, 0.25) is 0 Å². The van der Waals surface area contributed by atoms with Gasteiger partial charge in [0.25, 0.3) is 0 Å². The van der Waals surface area contributed by atoms with E-state index in [4.69, 9.17) is 8.83 Å². The predicted molar refractivity (Wildman–Crippen MR) is 174 cm³/mol. The Hall–Kier alpha value is -5.06. The lowest BCUT2D eigenvalue weighted by Crippen LogP contribution is -2.54. The first-order valence-corrected chi connectivity index (χ1v) is 15.8. The van der Waals surface area contributed by atoms with Gasteiger partial charge in [-0.25, -0.2) is 9.97 Å². The Labute approximate surface area is 298 Å². The Morgan fingerprint density at radius 3 is 1.30 bits per heavy atom. The maximum absolute atomic E-state index is 15.0. The number of halogens is 12. The van der Waals surface area contributed by atoms with Gasteiger partial charge in [0.05, 0.1) is 0 Å². The maximum atomic E-state index is 15.0. The molecule has 0 unspecified atom stereocenters. The average molecular weight is 776 g/mol. The van der Waals surface area contributed by atoms with Gasteiger partial charge in [-0.05, 0) is 65.7 Å². The highest BCUT2D eigenvalue weighted by Gasteiger charge is 2.73. The summed E-state index contributed by atoms with van der Waals surface area (Å²) in [5.74, 6) is -0.414. The molecule has 0 atom stereocenters. The molecule has 0 radical (unpaired) electrons. The molecule has 6 aromatic rings. The van der Waals surface area contributed by atoms with Gasteiger partial charge in [0.2, 0.25) is 22.6 Å². The first kappa shape index (κ1) is 40.1. The van der Waals surface area contributed by atoms with E-state index in [1.807, 2.05) is 0 Å². The van der Waals surface area contributed by atoms with E-state index in [1.54, 1.807) is 20.8 Å². The number of alkyl halides is 12. The lowest BCUT2D eigenvalue weighted by molar-refractivity contribution is -0.290. The molecule has 0 bridgehead atoms. The Kier molecular flexibility index (Phi) is 9.92. The predicted octanol–water partition coefficient (Wildman–Crippen LogP) is 11.3. The molecule has 2 aromatic heterocycles.